The lowest BCUT2D eigenvalue weighted by atomic mass is 9.90. The molecular weight excluding hydrogens is 208 g/mol. The van der Waals surface area contributed by atoms with E-state index < -0.39 is 5.92 Å². The van der Waals surface area contributed by atoms with Gasteiger partial charge in [-0.05, 0) is 13.0 Å². The lowest BCUT2D eigenvalue weighted by Gasteiger charge is -2.25. The Bertz CT molecular complexity index is 458. The number of hydrogen-bond donors (Lipinski definition) is 4. The van der Waals surface area contributed by atoms with Crippen LogP contribution in [0.1, 0.15) is 11.3 Å². The minimum atomic E-state index is -0.680. The first kappa shape index (κ1) is 10.7. The summed E-state index contributed by atoms with van der Waals surface area (Å²) in [5.41, 5.74) is 4.06. The van der Waals surface area contributed by atoms with E-state index in [-0.39, 0.29) is 18.2 Å². The van der Waals surface area contributed by atoms with Crippen LogP contribution in [0.15, 0.2) is 12.3 Å². The van der Waals surface area contributed by atoms with Gasteiger partial charge in [-0.3, -0.25) is 9.78 Å². The standard InChI is InChI=1S/C10H12N4O2/c1-5-8-7(2-3-12-5)14-10(15)6(4-13-16)9(8)11/h2-3,6,11,13,16H,4H2,1H3,(H,14,15). The fraction of sp³-hybridized carbons (Fsp3) is 0.300. The van der Waals surface area contributed by atoms with E-state index in [0.717, 1.165) is 0 Å². The molecule has 84 valence electrons. The van der Waals surface area contributed by atoms with Gasteiger partial charge in [0.2, 0.25) is 5.91 Å². The second-order valence-electron chi connectivity index (χ2n) is 3.64. The van der Waals surface area contributed by atoms with Crippen LogP contribution in [0.3, 0.4) is 0 Å². The molecule has 0 fully saturated rings. The Balaban J connectivity index is 2.47. The molecule has 16 heavy (non-hydrogen) atoms. The molecule has 0 spiro atoms. The number of nitrogens with zero attached hydrogens (tertiary/aromatic N) is 1. The first-order valence-electron chi connectivity index (χ1n) is 4.87. The number of hydrogen-bond acceptors (Lipinski definition) is 5. The van der Waals surface area contributed by atoms with Gasteiger partial charge in [0.1, 0.15) is 0 Å². The number of aromatic nitrogens is 1. The van der Waals surface area contributed by atoms with Crippen molar-refractivity contribution in [1.29, 1.82) is 5.41 Å². The zero-order valence-corrected chi connectivity index (χ0v) is 8.74. The second-order valence-corrected chi connectivity index (χ2v) is 3.64. The molecule has 1 atom stereocenters. The number of nitrogens with one attached hydrogen (secondary N) is 3. The maximum Gasteiger partial charge on any atom is 0.234 e. The first-order valence-corrected chi connectivity index (χ1v) is 4.87. The van der Waals surface area contributed by atoms with Gasteiger partial charge in [-0.1, -0.05) is 0 Å². The number of carbonyl (C=O) groups excluding carboxylic acids is 1. The van der Waals surface area contributed by atoms with Crippen molar-refractivity contribution in [3.05, 3.63) is 23.5 Å². The largest absolute Gasteiger partial charge is 0.325 e. The first-order chi connectivity index (χ1) is 7.65. The van der Waals surface area contributed by atoms with E-state index in [4.69, 9.17) is 10.6 Å². The van der Waals surface area contributed by atoms with Gasteiger partial charge in [0.15, 0.2) is 0 Å². The second kappa shape index (κ2) is 3.99. The van der Waals surface area contributed by atoms with Crippen LogP contribution in [0.25, 0.3) is 0 Å². The van der Waals surface area contributed by atoms with Crippen LogP contribution >= 0.6 is 0 Å². The van der Waals surface area contributed by atoms with Crippen molar-refractivity contribution < 1.29 is 10.0 Å². The third-order valence-corrected chi connectivity index (χ3v) is 2.63. The molecule has 0 radical (unpaired) electrons. The Morgan fingerprint density at radius 1 is 1.69 bits per heavy atom. The number of anilines is 1. The fourth-order valence-corrected chi connectivity index (χ4v) is 1.82. The molecule has 1 amide bonds. The average molecular weight is 220 g/mol. The highest BCUT2D eigenvalue weighted by atomic mass is 16.5. The SMILES string of the molecule is Cc1nccc2c1C(=N)C(CNO)C(=O)N2. The van der Waals surface area contributed by atoms with Gasteiger partial charge in [-0.25, -0.2) is 5.48 Å². The number of pyridine rings is 1. The number of fused-ring (bicyclic) bond motifs is 1. The van der Waals surface area contributed by atoms with Crippen LogP contribution in [0.5, 0.6) is 0 Å². The van der Waals surface area contributed by atoms with Crippen LogP contribution < -0.4 is 10.8 Å². The molecule has 1 aliphatic heterocycles. The number of amides is 1. The quantitative estimate of drug-likeness (QED) is 0.539. The van der Waals surface area contributed by atoms with Crippen molar-refractivity contribution in [2.24, 2.45) is 5.92 Å². The Hall–Kier alpha value is -1.79. The summed E-state index contributed by atoms with van der Waals surface area (Å²) in [6.45, 7) is 1.81. The lowest BCUT2D eigenvalue weighted by Crippen LogP contribution is -2.41. The van der Waals surface area contributed by atoms with E-state index in [1.807, 2.05) is 5.48 Å². The Morgan fingerprint density at radius 3 is 3.12 bits per heavy atom. The maximum absolute atomic E-state index is 11.6. The van der Waals surface area contributed by atoms with E-state index in [2.05, 4.69) is 10.3 Å². The molecule has 2 heterocycles. The van der Waals surface area contributed by atoms with Crippen molar-refractivity contribution in [2.75, 3.05) is 11.9 Å². The van der Waals surface area contributed by atoms with Gasteiger partial charge >= 0.3 is 0 Å². The average Bonchev–Trinajstić information content (AvgIpc) is 2.24. The summed E-state index contributed by atoms with van der Waals surface area (Å²) in [6, 6.07) is 1.66. The Labute approximate surface area is 92.2 Å². The molecule has 0 aliphatic carbocycles. The highest BCUT2D eigenvalue weighted by molar-refractivity contribution is 6.22. The van der Waals surface area contributed by atoms with Crippen molar-refractivity contribution in [3.63, 3.8) is 0 Å². The number of carbonyl (C=O) groups is 1. The summed E-state index contributed by atoms with van der Waals surface area (Å²) in [6.07, 6.45) is 1.59. The van der Waals surface area contributed by atoms with Crippen LogP contribution in [0.2, 0.25) is 0 Å². The summed E-state index contributed by atoms with van der Waals surface area (Å²) in [4.78, 5) is 15.7. The molecule has 1 unspecified atom stereocenters. The highest BCUT2D eigenvalue weighted by Crippen LogP contribution is 2.26. The molecule has 0 aromatic carbocycles. The fourth-order valence-electron chi connectivity index (χ4n) is 1.82. The molecule has 1 aliphatic rings. The number of rotatable bonds is 2. The molecule has 1 aromatic heterocycles. The highest BCUT2D eigenvalue weighted by Gasteiger charge is 2.32. The maximum atomic E-state index is 11.6. The van der Waals surface area contributed by atoms with Crippen LogP contribution in [0.4, 0.5) is 5.69 Å². The number of aryl methyl sites for hydroxylation is 1. The molecule has 4 N–H and O–H groups in total. The molecule has 0 bridgehead atoms. The van der Waals surface area contributed by atoms with E-state index in [1.165, 1.54) is 0 Å². The summed E-state index contributed by atoms with van der Waals surface area (Å²) in [5.74, 6) is -0.968. The minimum Gasteiger partial charge on any atom is -0.325 e. The summed E-state index contributed by atoms with van der Waals surface area (Å²) < 4.78 is 0. The molecule has 0 saturated heterocycles. The van der Waals surface area contributed by atoms with Gasteiger partial charge in [0.25, 0.3) is 0 Å². The molecule has 6 nitrogen and oxygen atoms in total. The smallest absolute Gasteiger partial charge is 0.234 e. The Kier molecular flexibility index (Phi) is 2.67. The predicted molar refractivity (Wildman–Crippen MR) is 57.7 cm³/mol. The van der Waals surface area contributed by atoms with Crippen molar-refractivity contribution in [2.45, 2.75) is 6.92 Å². The van der Waals surface area contributed by atoms with E-state index in [1.54, 1.807) is 19.2 Å². The third kappa shape index (κ3) is 1.58. The summed E-state index contributed by atoms with van der Waals surface area (Å²) in [7, 11) is 0. The summed E-state index contributed by atoms with van der Waals surface area (Å²) >= 11 is 0. The van der Waals surface area contributed by atoms with Crippen molar-refractivity contribution in [3.8, 4) is 0 Å². The zero-order valence-electron chi connectivity index (χ0n) is 8.74. The predicted octanol–water partition coefficient (Wildman–Crippen LogP) is 0.305. The van der Waals surface area contributed by atoms with E-state index in [0.29, 0.717) is 16.9 Å². The number of hydroxylamine groups is 1. The van der Waals surface area contributed by atoms with Gasteiger partial charge in [-0.2, -0.15) is 0 Å². The third-order valence-electron chi connectivity index (χ3n) is 2.63. The van der Waals surface area contributed by atoms with Crippen LogP contribution in [-0.4, -0.2) is 28.4 Å². The topological polar surface area (TPSA) is 98.1 Å². The minimum absolute atomic E-state index is 0.0262. The van der Waals surface area contributed by atoms with E-state index >= 15 is 0 Å². The molecule has 0 saturated carbocycles. The van der Waals surface area contributed by atoms with Crippen molar-refractivity contribution >= 4 is 17.3 Å². The molecule has 1 aromatic rings. The van der Waals surface area contributed by atoms with Crippen LogP contribution in [0, 0.1) is 18.3 Å². The van der Waals surface area contributed by atoms with E-state index in [9.17, 15) is 4.79 Å². The van der Waals surface area contributed by atoms with Gasteiger partial charge in [0, 0.05) is 24.0 Å². The molecular formula is C10H12N4O2. The lowest BCUT2D eigenvalue weighted by molar-refractivity contribution is -0.118. The monoisotopic (exact) mass is 220 g/mol. The molecule has 2 rings (SSSR count). The molecule has 6 heteroatoms. The normalized spacial score (nSPS) is 19.2. The summed E-state index contributed by atoms with van der Waals surface area (Å²) in [5, 5.41) is 19.3. The van der Waals surface area contributed by atoms with Crippen molar-refractivity contribution in [1.82, 2.24) is 10.5 Å². The van der Waals surface area contributed by atoms with Crippen LogP contribution in [-0.2, 0) is 4.79 Å². The van der Waals surface area contributed by atoms with Gasteiger partial charge in [-0.15, -0.1) is 0 Å². The van der Waals surface area contributed by atoms with Gasteiger partial charge in [0.05, 0.1) is 17.3 Å². The Morgan fingerprint density at radius 2 is 2.44 bits per heavy atom. The van der Waals surface area contributed by atoms with Gasteiger partial charge < -0.3 is 15.9 Å². The zero-order chi connectivity index (χ0) is 11.7.